The normalized spacial score (nSPS) is 11.8. The van der Waals surface area contributed by atoms with Gasteiger partial charge in [-0.3, -0.25) is 4.79 Å². The van der Waals surface area contributed by atoms with Gasteiger partial charge in [0, 0.05) is 23.2 Å². The summed E-state index contributed by atoms with van der Waals surface area (Å²) >= 11 is 0. The average molecular weight is 261 g/mol. The van der Waals surface area contributed by atoms with Crippen LogP contribution in [0.15, 0.2) is 18.2 Å². The van der Waals surface area contributed by atoms with Gasteiger partial charge in [-0.15, -0.1) is 0 Å². The lowest BCUT2D eigenvalue weighted by Gasteiger charge is -2.24. The van der Waals surface area contributed by atoms with Crippen LogP contribution in [0.4, 0.5) is 0 Å². The summed E-state index contributed by atoms with van der Waals surface area (Å²) in [4.78, 5) is 15.4. The number of phenolic OH excluding ortho intramolecular Hbond substituents is 1. The minimum Gasteiger partial charge on any atom is -0.506 e. The zero-order chi connectivity index (χ0) is 14.2. The van der Waals surface area contributed by atoms with Crippen molar-refractivity contribution in [2.75, 3.05) is 6.54 Å². The first-order chi connectivity index (χ1) is 8.85. The van der Waals surface area contributed by atoms with Gasteiger partial charge in [0.1, 0.15) is 5.75 Å². The molecule has 0 radical (unpaired) electrons. The number of para-hydroxylation sites is 1. The van der Waals surface area contributed by atoms with E-state index in [-0.39, 0.29) is 11.7 Å². The maximum atomic E-state index is 12.4. The number of phenols is 1. The molecule has 102 valence electrons. The highest BCUT2D eigenvalue weighted by atomic mass is 16.3. The molecular formula is C14H19N3O2. The third-order valence-corrected chi connectivity index (χ3v) is 3.19. The molecule has 0 aliphatic heterocycles. The fourth-order valence-corrected chi connectivity index (χ4v) is 2.05. The van der Waals surface area contributed by atoms with Crippen molar-refractivity contribution in [1.29, 1.82) is 0 Å². The molecule has 5 nitrogen and oxygen atoms in total. The SMILES string of the molecule is Cc1[nH]c2c(O)cccc2c1C(=O)NC(C)(C)CN. The molecule has 0 bridgehead atoms. The van der Waals surface area contributed by atoms with Crippen LogP contribution in [0.1, 0.15) is 29.9 Å². The van der Waals surface area contributed by atoms with Crippen molar-refractivity contribution >= 4 is 16.8 Å². The Labute approximate surface area is 111 Å². The van der Waals surface area contributed by atoms with E-state index in [4.69, 9.17) is 5.73 Å². The van der Waals surface area contributed by atoms with Crippen molar-refractivity contribution < 1.29 is 9.90 Å². The van der Waals surface area contributed by atoms with Crippen LogP contribution in [0.2, 0.25) is 0 Å². The Kier molecular flexibility index (Phi) is 3.24. The number of H-pyrrole nitrogens is 1. The second kappa shape index (κ2) is 4.59. The van der Waals surface area contributed by atoms with Crippen molar-refractivity contribution in [3.8, 4) is 5.75 Å². The molecular weight excluding hydrogens is 242 g/mol. The van der Waals surface area contributed by atoms with E-state index in [9.17, 15) is 9.90 Å². The summed E-state index contributed by atoms with van der Waals surface area (Å²) in [5.41, 5.74) is 7.00. The molecule has 5 N–H and O–H groups in total. The van der Waals surface area contributed by atoms with Gasteiger partial charge in [-0.05, 0) is 26.8 Å². The maximum Gasteiger partial charge on any atom is 0.254 e. The van der Waals surface area contributed by atoms with Gasteiger partial charge in [-0.2, -0.15) is 0 Å². The molecule has 0 unspecified atom stereocenters. The first kappa shape index (κ1) is 13.4. The third kappa shape index (κ3) is 2.42. The van der Waals surface area contributed by atoms with Crippen LogP contribution < -0.4 is 11.1 Å². The fraction of sp³-hybridized carbons (Fsp3) is 0.357. The molecule has 0 atom stereocenters. The molecule has 0 aliphatic rings. The van der Waals surface area contributed by atoms with E-state index in [0.29, 0.717) is 23.0 Å². The number of carbonyl (C=O) groups is 1. The molecule has 2 rings (SSSR count). The van der Waals surface area contributed by atoms with Crippen LogP contribution in [-0.2, 0) is 0 Å². The maximum absolute atomic E-state index is 12.4. The Morgan fingerprint density at radius 1 is 1.47 bits per heavy atom. The summed E-state index contributed by atoms with van der Waals surface area (Å²) in [6.07, 6.45) is 0. The van der Waals surface area contributed by atoms with Crippen LogP contribution in [0.3, 0.4) is 0 Å². The quantitative estimate of drug-likeness (QED) is 0.677. The van der Waals surface area contributed by atoms with Gasteiger partial charge in [0.2, 0.25) is 0 Å². The van der Waals surface area contributed by atoms with Crippen LogP contribution in [-0.4, -0.2) is 28.1 Å². The molecule has 0 fully saturated rings. The molecule has 0 aliphatic carbocycles. The number of hydrogen-bond acceptors (Lipinski definition) is 3. The van der Waals surface area contributed by atoms with E-state index in [2.05, 4.69) is 10.3 Å². The van der Waals surface area contributed by atoms with Gasteiger partial charge in [-0.1, -0.05) is 12.1 Å². The van der Waals surface area contributed by atoms with Gasteiger partial charge in [-0.25, -0.2) is 0 Å². The second-order valence-electron chi connectivity index (χ2n) is 5.37. The number of amides is 1. The lowest BCUT2D eigenvalue weighted by Crippen LogP contribution is -2.48. The van der Waals surface area contributed by atoms with E-state index in [1.54, 1.807) is 12.1 Å². The van der Waals surface area contributed by atoms with Crippen molar-refractivity contribution in [3.63, 3.8) is 0 Å². The molecule has 1 aromatic carbocycles. The fourth-order valence-electron chi connectivity index (χ4n) is 2.05. The molecule has 0 spiro atoms. The number of rotatable bonds is 3. The number of benzene rings is 1. The number of aromatic nitrogens is 1. The predicted octanol–water partition coefficient (Wildman–Crippen LogP) is 1.65. The summed E-state index contributed by atoms with van der Waals surface area (Å²) in [5, 5.41) is 13.4. The zero-order valence-electron chi connectivity index (χ0n) is 11.4. The number of carbonyl (C=O) groups excluding carboxylic acids is 1. The van der Waals surface area contributed by atoms with Gasteiger partial charge < -0.3 is 21.1 Å². The molecule has 0 saturated heterocycles. The minimum absolute atomic E-state index is 0.137. The summed E-state index contributed by atoms with van der Waals surface area (Å²) in [6.45, 7) is 5.90. The lowest BCUT2D eigenvalue weighted by molar-refractivity contribution is 0.0917. The highest BCUT2D eigenvalue weighted by Crippen LogP contribution is 2.28. The first-order valence-corrected chi connectivity index (χ1v) is 6.18. The Balaban J connectivity index is 2.48. The van der Waals surface area contributed by atoms with E-state index in [0.717, 1.165) is 5.69 Å². The molecule has 1 aromatic heterocycles. The smallest absolute Gasteiger partial charge is 0.254 e. The molecule has 2 aromatic rings. The molecule has 1 amide bonds. The Bertz CT molecular complexity index is 629. The largest absolute Gasteiger partial charge is 0.506 e. The topological polar surface area (TPSA) is 91.1 Å². The summed E-state index contributed by atoms with van der Waals surface area (Å²) in [7, 11) is 0. The van der Waals surface area contributed by atoms with Crippen molar-refractivity contribution in [2.24, 2.45) is 5.73 Å². The van der Waals surface area contributed by atoms with Crippen molar-refractivity contribution in [3.05, 3.63) is 29.5 Å². The summed E-state index contributed by atoms with van der Waals surface area (Å²) in [5.74, 6) is -0.0532. The van der Waals surface area contributed by atoms with E-state index >= 15 is 0 Å². The Morgan fingerprint density at radius 2 is 2.16 bits per heavy atom. The first-order valence-electron chi connectivity index (χ1n) is 6.18. The Morgan fingerprint density at radius 3 is 2.79 bits per heavy atom. The standard InChI is InChI=1S/C14H19N3O2/c1-8-11(13(19)17-14(2,3)7-15)9-5-4-6-10(18)12(9)16-8/h4-6,16,18H,7,15H2,1-3H3,(H,17,19). The molecule has 5 heteroatoms. The molecule has 0 saturated carbocycles. The van der Waals surface area contributed by atoms with Crippen LogP contribution in [0.25, 0.3) is 10.9 Å². The zero-order valence-corrected chi connectivity index (χ0v) is 11.4. The number of aromatic amines is 1. The molecule has 19 heavy (non-hydrogen) atoms. The Hall–Kier alpha value is -2.01. The highest BCUT2D eigenvalue weighted by Gasteiger charge is 2.23. The van der Waals surface area contributed by atoms with E-state index in [1.165, 1.54) is 0 Å². The van der Waals surface area contributed by atoms with Gasteiger partial charge in [0.05, 0.1) is 11.1 Å². The van der Waals surface area contributed by atoms with Crippen LogP contribution >= 0.6 is 0 Å². The highest BCUT2D eigenvalue weighted by molar-refractivity contribution is 6.09. The number of nitrogens with two attached hydrogens (primary N) is 1. The van der Waals surface area contributed by atoms with E-state index in [1.807, 2.05) is 26.8 Å². The van der Waals surface area contributed by atoms with Crippen LogP contribution in [0, 0.1) is 6.92 Å². The number of aromatic hydroxyl groups is 1. The lowest BCUT2D eigenvalue weighted by atomic mass is 10.0. The van der Waals surface area contributed by atoms with Crippen molar-refractivity contribution in [2.45, 2.75) is 26.3 Å². The van der Waals surface area contributed by atoms with Crippen molar-refractivity contribution in [1.82, 2.24) is 10.3 Å². The number of nitrogens with one attached hydrogen (secondary N) is 2. The van der Waals surface area contributed by atoms with Gasteiger partial charge in [0.15, 0.2) is 0 Å². The van der Waals surface area contributed by atoms with E-state index < -0.39 is 5.54 Å². The molecule has 1 heterocycles. The third-order valence-electron chi connectivity index (χ3n) is 3.19. The van der Waals surface area contributed by atoms with Gasteiger partial charge in [0.25, 0.3) is 5.91 Å². The summed E-state index contributed by atoms with van der Waals surface area (Å²) in [6, 6.07) is 5.11. The minimum atomic E-state index is -0.468. The number of hydrogen-bond donors (Lipinski definition) is 4. The predicted molar refractivity (Wildman–Crippen MR) is 75.3 cm³/mol. The monoisotopic (exact) mass is 261 g/mol. The number of fused-ring (bicyclic) bond motifs is 1. The number of aryl methyl sites for hydroxylation is 1. The summed E-state index contributed by atoms with van der Waals surface area (Å²) < 4.78 is 0. The second-order valence-corrected chi connectivity index (χ2v) is 5.37. The van der Waals surface area contributed by atoms with Gasteiger partial charge >= 0.3 is 0 Å². The average Bonchev–Trinajstić information content (AvgIpc) is 2.66. The van der Waals surface area contributed by atoms with Crippen LogP contribution in [0.5, 0.6) is 5.75 Å².